The Morgan fingerprint density at radius 1 is 0.767 bits per heavy atom. The first-order valence-corrected chi connectivity index (χ1v) is 10.5. The molecule has 4 rings (SSSR count). The zero-order chi connectivity index (χ0) is 21.0. The van der Waals surface area contributed by atoms with E-state index in [0.29, 0.717) is 22.4 Å². The van der Waals surface area contributed by atoms with Gasteiger partial charge in [0.05, 0.1) is 6.61 Å². The summed E-state index contributed by atoms with van der Waals surface area (Å²) in [5.41, 5.74) is -0.0278. The third-order valence-electron chi connectivity index (χ3n) is 4.11. The van der Waals surface area contributed by atoms with E-state index in [9.17, 15) is 14.5 Å². The molecule has 0 bridgehead atoms. The molecular formula is C22H17O7P. The van der Waals surface area contributed by atoms with Crippen molar-refractivity contribution in [3.8, 4) is 17.2 Å². The lowest BCUT2D eigenvalue weighted by Crippen LogP contribution is -2.08. The second-order valence-corrected chi connectivity index (χ2v) is 7.70. The predicted octanol–water partition coefficient (Wildman–Crippen LogP) is 4.93. The highest BCUT2D eigenvalue weighted by atomic mass is 31.2. The predicted molar refractivity (Wildman–Crippen MR) is 111 cm³/mol. The van der Waals surface area contributed by atoms with Gasteiger partial charge in [0.25, 0.3) is 0 Å². The molecule has 0 amide bonds. The lowest BCUT2D eigenvalue weighted by molar-refractivity contribution is 0.282. The van der Waals surface area contributed by atoms with Gasteiger partial charge in [-0.25, -0.2) is 4.79 Å². The van der Waals surface area contributed by atoms with Crippen LogP contribution in [0.1, 0.15) is 5.56 Å². The average Bonchev–Trinajstić information content (AvgIpc) is 2.74. The maximum atomic E-state index is 13.4. The molecule has 0 saturated carbocycles. The molecule has 3 aromatic carbocycles. The van der Waals surface area contributed by atoms with Gasteiger partial charge in [0, 0.05) is 17.5 Å². The normalized spacial score (nSPS) is 11.2. The molecule has 8 heteroatoms. The van der Waals surface area contributed by atoms with Crippen LogP contribution in [-0.2, 0) is 11.2 Å². The maximum Gasteiger partial charge on any atom is 0.647 e. The summed E-state index contributed by atoms with van der Waals surface area (Å²) in [6, 6.07) is 22.7. The number of hydrogen-bond donors (Lipinski definition) is 1. The second-order valence-electron chi connectivity index (χ2n) is 6.25. The molecule has 1 aromatic heterocycles. The highest BCUT2D eigenvalue weighted by Crippen LogP contribution is 2.50. The van der Waals surface area contributed by atoms with Crippen molar-refractivity contribution in [2.75, 3.05) is 0 Å². The van der Waals surface area contributed by atoms with Crippen LogP contribution in [0.15, 0.2) is 94.1 Å². The Hall–Kier alpha value is -3.54. The van der Waals surface area contributed by atoms with Gasteiger partial charge in [-0.1, -0.05) is 36.4 Å². The third kappa shape index (κ3) is 4.54. The molecule has 0 atom stereocenters. The van der Waals surface area contributed by atoms with E-state index in [-0.39, 0.29) is 17.9 Å². The number of para-hydroxylation sites is 2. The molecule has 0 radical (unpaired) electrons. The third-order valence-corrected chi connectivity index (χ3v) is 5.41. The van der Waals surface area contributed by atoms with Crippen LogP contribution in [0.4, 0.5) is 0 Å². The molecule has 0 unspecified atom stereocenters. The van der Waals surface area contributed by atoms with Crippen molar-refractivity contribution in [2.45, 2.75) is 6.61 Å². The molecule has 1 heterocycles. The Balaban J connectivity index is 1.70. The van der Waals surface area contributed by atoms with E-state index in [2.05, 4.69) is 0 Å². The molecule has 0 saturated heterocycles. The Kier molecular flexibility index (Phi) is 5.57. The van der Waals surface area contributed by atoms with E-state index in [4.69, 9.17) is 18.0 Å². The summed E-state index contributed by atoms with van der Waals surface area (Å²) < 4.78 is 35.4. The van der Waals surface area contributed by atoms with Crippen molar-refractivity contribution >= 4 is 18.8 Å². The summed E-state index contributed by atoms with van der Waals surface area (Å²) in [5.74, 6) is 0.703. The highest BCUT2D eigenvalue weighted by molar-refractivity contribution is 7.49. The van der Waals surface area contributed by atoms with E-state index in [1.807, 2.05) is 0 Å². The zero-order valence-electron chi connectivity index (χ0n) is 15.6. The number of aliphatic hydroxyl groups excluding tert-OH is 1. The lowest BCUT2D eigenvalue weighted by Gasteiger charge is -2.19. The first-order valence-electron chi connectivity index (χ1n) is 9.01. The first kappa shape index (κ1) is 19.8. The minimum absolute atomic E-state index is 0.107. The minimum atomic E-state index is -4.16. The van der Waals surface area contributed by atoms with Crippen molar-refractivity contribution in [2.24, 2.45) is 0 Å². The van der Waals surface area contributed by atoms with Gasteiger partial charge >= 0.3 is 13.4 Å². The topological polar surface area (TPSA) is 95.2 Å². The van der Waals surface area contributed by atoms with Crippen LogP contribution in [0.25, 0.3) is 11.0 Å². The van der Waals surface area contributed by atoms with Crippen LogP contribution >= 0.6 is 7.82 Å². The van der Waals surface area contributed by atoms with Gasteiger partial charge in [-0.15, -0.1) is 0 Å². The number of benzene rings is 3. The van der Waals surface area contributed by atoms with E-state index in [1.165, 1.54) is 18.2 Å². The molecule has 0 aliphatic heterocycles. The van der Waals surface area contributed by atoms with Gasteiger partial charge in [0.2, 0.25) is 0 Å². The number of rotatable bonds is 7. The van der Waals surface area contributed by atoms with Crippen molar-refractivity contribution in [1.82, 2.24) is 0 Å². The molecular weight excluding hydrogens is 407 g/mol. The van der Waals surface area contributed by atoms with Gasteiger partial charge in [0.15, 0.2) is 0 Å². The largest absolute Gasteiger partial charge is 0.647 e. The standard InChI is InChI=1S/C22H17O7P/c23-15-16-13-22(24)26-21-14-19(11-12-20(16)21)29-30(25,27-17-7-3-1-4-8-17)28-18-9-5-2-6-10-18/h1-14,23H,15H2. The van der Waals surface area contributed by atoms with Crippen molar-refractivity contribution in [3.63, 3.8) is 0 Å². The monoisotopic (exact) mass is 424 g/mol. The molecule has 0 aliphatic carbocycles. The van der Waals surface area contributed by atoms with Gasteiger partial charge in [-0.05, 0) is 42.0 Å². The van der Waals surface area contributed by atoms with Crippen LogP contribution in [0.5, 0.6) is 17.2 Å². The summed E-state index contributed by atoms with van der Waals surface area (Å²) in [6.07, 6.45) is 0. The number of hydrogen-bond acceptors (Lipinski definition) is 7. The van der Waals surface area contributed by atoms with Crippen LogP contribution in [0, 0.1) is 0 Å². The fourth-order valence-corrected chi connectivity index (χ4v) is 4.05. The van der Waals surface area contributed by atoms with E-state index >= 15 is 0 Å². The molecule has 0 fully saturated rings. The SMILES string of the molecule is O=c1cc(CO)c2ccc(OP(=O)(Oc3ccccc3)Oc3ccccc3)cc2o1. The quantitative estimate of drug-likeness (QED) is 0.332. The minimum Gasteiger partial charge on any atom is -0.423 e. The van der Waals surface area contributed by atoms with Gasteiger partial charge in [0.1, 0.15) is 22.8 Å². The fraction of sp³-hybridized carbons (Fsp3) is 0.0455. The number of aliphatic hydroxyl groups is 1. The van der Waals surface area contributed by atoms with E-state index < -0.39 is 13.4 Å². The summed E-state index contributed by atoms with van der Waals surface area (Å²) in [4.78, 5) is 11.7. The molecule has 152 valence electrons. The summed E-state index contributed by atoms with van der Waals surface area (Å²) in [6.45, 7) is -0.324. The Bertz CT molecular complexity index is 1210. The van der Waals surface area contributed by atoms with E-state index in [0.717, 1.165) is 0 Å². The molecule has 30 heavy (non-hydrogen) atoms. The number of phosphoric acid groups is 1. The van der Waals surface area contributed by atoms with Gasteiger partial charge in [-0.3, -0.25) is 0 Å². The molecule has 7 nitrogen and oxygen atoms in total. The first-order chi connectivity index (χ1) is 14.5. The average molecular weight is 424 g/mol. The van der Waals surface area contributed by atoms with Crippen molar-refractivity contribution < 1.29 is 27.7 Å². The molecule has 0 spiro atoms. The molecule has 1 N–H and O–H groups in total. The summed E-state index contributed by atoms with van der Waals surface area (Å²) >= 11 is 0. The Labute approximate surface area is 171 Å². The second kappa shape index (κ2) is 8.45. The zero-order valence-corrected chi connectivity index (χ0v) is 16.5. The summed E-state index contributed by atoms with van der Waals surface area (Å²) in [5, 5.41) is 9.98. The van der Waals surface area contributed by atoms with Gasteiger partial charge < -0.3 is 23.1 Å². The van der Waals surface area contributed by atoms with Crippen molar-refractivity contribution in [3.05, 3.63) is 101 Å². The smallest absolute Gasteiger partial charge is 0.423 e. The fourth-order valence-electron chi connectivity index (χ4n) is 2.80. The van der Waals surface area contributed by atoms with Crippen LogP contribution < -0.4 is 19.2 Å². The van der Waals surface area contributed by atoms with Crippen LogP contribution in [-0.4, -0.2) is 5.11 Å². The number of fused-ring (bicyclic) bond motifs is 1. The Morgan fingerprint density at radius 2 is 1.33 bits per heavy atom. The van der Waals surface area contributed by atoms with Gasteiger partial charge in [-0.2, -0.15) is 4.57 Å². The molecule has 4 aromatic rings. The van der Waals surface area contributed by atoms with Crippen LogP contribution in [0.3, 0.4) is 0 Å². The maximum absolute atomic E-state index is 13.4. The Morgan fingerprint density at radius 3 is 1.90 bits per heavy atom. The summed E-state index contributed by atoms with van der Waals surface area (Å²) in [7, 11) is -4.16. The molecule has 0 aliphatic rings. The number of phosphoric ester groups is 1. The highest BCUT2D eigenvalue weighted by Gasteiger charge is 2.33. The lowest BCUT2D eigenvalue weighted by atomic mass is 10.1. The van der Waals surface area contributed by atoms with Crippen molar-refractivity contribution in [1.29, 1.82) is 0 Å². The van der Waals surface area contributed by atoms with Crippen LogP contribution in [0.2, 0.25) is 0 Å². The van der Waals surface area contributed by atoms with E-state index in [1.54, 1.807) is 66.7 Å².